The Morgan fingerprint density at radius 1 is 1.18 bits per heavy atom. The molecule has 0 aliphatic carbocycles. The van der Waals surface area contributed by atoms with Gasteiger partial charge >= 0.3 is 0 Å². The number of guanidine groups is 1. The molecule has 1 aliphatic rings. The Hall–Kier alpha value is -1.18. The van der Waals surface area contributed by atoms with Crippen LogP contribution in [0.2, 0.25) is 0 Å². The molecule has 6 heteroatoms. The van der Waals surface area contributed by atoms with Crippen molar-refractivity contribution >= 4 is 29.9 Å². The number of ether oxygens (including phenoxy) is 2. The maximum absolute atomic E-state index is 5.65. The third kappa shape index (κ3) is 5.90. The summed E-state index contributed by atoms with van der Waals surface area (Å²) in [4.78, 5) is 4.40. The molecule has 22 heavy (non-hydrogen) atoms. The Balaban J connectivity index is 0.00000242. The van der Waals surface area contributed by atoms with Gasteiger partial charge in [0.25, 0.3) is 0 Å². The molecule has 0 radical (unpaired) electrons. The molecule has 124 valence electrons. The summed E-state index contributed by atoms with van der Waals surface area (Å²) < 4.78 is 11.2. The summed E-state index contributed by atoms with van der Waals surface area (Å²) in [5.74, 6) is 2.55. The number of benzene rings is 1. The van der Waals surface area contributed by atoms with Gasteiger partial charge in [-0.05, 0) is 44.4 Å². The van der Waals surface area contributed by atoms with Gasteiger partial charge in [-0.1, -0.05) is 6.07 Å². The molecule has 1 aromatic carbocycles. The monoisotopic (exact) mass is 419 g/mol. The largest absolute Gasteiger partial charge is 0.490 e. The quantitative estimate of drug-likeness (QED) is 0.668. The molecule has 1 heterocycles. The Kier molecular flexibility index (Phi) is 9.03. The van der Waals surface area contributed by atoms with Crippen molar-refractivity contribution in [3.05, 3.63) is 23.8 Å². The second-order valence-electron chi connectivity index (χ2n) is 4.83. The van der Waals surface area contributed by atoms with Crippen LogP contribution in [0.5, 0.6) is 11.5 Å². The predicted molar refractivity (Wildman–Crippen MR) is 101 cm³/mol. The molecule has 0 unspecified atom stereocenters. The van der Waals surface area contributed by atoms with E-state index in [0.29, 0.717) is 13.2 Å². The van der Waals surface area contributed by atoms with Crippen molar-refractivity contribution in [3.63, 3.8) is 0 Å². The lowest BCUT2D eigenvalue weighted by Crippen LogP contribution is -2.41. The molecule has 0 fully saturated rings. The number of rotatable bonds is 7. The van der Waals surface area contributed by atoms with Crippen molar-refractivity contribution < 1.29 is 9.47 Å². The van der Waals surface area contributed by atoms with E-state index >= 15 is 0 Å². The molecule has 1 aliphatic heterocycles. The molecular weight excluding hydrogens is 393 g/mol. The van der Waals surface area contributed by atoms with E-state index in [0.717, 1.165) is 49.9 Å². The molecule has 0 spiro atoms. The Morgan fingerprint density at radius 3 is 2.64 bits per heavy atom. The maximum atomic E-state index is 5.65. The van der Waals surface area contributed by atoms with Gasteiger partial charge in [-0.15, -0.1) is 24.0 Å². The van der Waals surface area contributed by atoms with Crippen LogP contribution in [0.3, 0.4) is 0 Å². The molecule has 1 aromatic rings. The van der Waals surface area contributed by atoms with Gasteiger partial charge in [0.1, 0.15) is 0 Å². The van der Waals surface area contributed by atoms with Gasteiger partial charge in [0.15, 0.2) is 17.5 Å². The van der Waals surface area contributed by atoms with E-state index in [1.54, 1.807) is 0 Å². The summed E-state index contributed by atoms with van der Waals surface area (Å²) in [5, 5.41) is 6.59. The van der Waals surface area contributed by atoms with E-state index in [4.69, 9.17) is 9.47 Å². The van der Waals surface area contributed by atoms with Crippen molar-refractivity contribution in [3.8, 4) is 11.5 Å². The van der Waals surface area contributed by atoms with Gasteiger partial charge < -0.3 is 20.1 Å². The van der Waals surface area contributed by atoms with Gasteiger partial charge in [0.05, 0.1) is 13.2 Å². The van der Waals surface area contributed by atoms with Crippen molar-refractivity contribution in [1.82, 2.24) is 10.6 Å². The molecule has 0 atom stereocenters. The summed E-state index contributed by atoms with van der Waals surface area (Å²) in [6.45, 7) is 8.01. The van der Waals surface area contributed by atoms with Crippen molar-refractivity contribution in [2.45, 2.75) is 26.7 Å². The highest BCUT2D eigenvalue weighted by atomic mass is 127. The predicted octanol–water partition coefficient (Wildman–Crippen LogP) is 2.58. The van der Waals surface area contributed by atoms with Crippen LogP contribution in [0, 0.1) is 0 Å². The first-order chi connectivity index (χ1) is 10.3. The zero-order valence-corrected chi connectivity index (χ0v) is 15.7. The van der Waals surface area contributed by atoms with Crippen LogP contribution >= 0.6 is 24.0 Å². The zero-order chi connectivity index (χ0) is 14.9. The first-order valence-corrected chi connectivity index (χ1v) is 7.74. The summed E-state index contributed by atoms with van der Waals surface area (Å²) in [7, 11) is 0. The van der Waals surface area contributed by atoms with Crippen LogP contribution in [-0.4, -0.2) is 38.8 Å². The molecule has 0 saturated heterocycles. The molecule has 0 bridgehead atoms. The minimum absolute atomic E-state index is 0. The number of nitrogens with zero attached hydrogens (tertiary/aromatic N) is 1. The summed E-state index contributed by atoms with van der Waals surface area (Å²) in [5.41, 5.74) is 1.23. The summed E-state index contributed by atoms with van der Waals surface area (Å²) >= 11 is 0. The van der Waals surface area contributed by atoms with E-state index in [1.807, 2.05) is 19.9 Å². The van der Waals surface area contributed by atoms with E-state index in [1.165, 1.54) is 5.56 Å². The van der Waals surface area contributed by atoms with Gasteiger partial charge in [-0.2, -0.15) is 0 Å². The second-order valence-corrected chi connectivity index (χ2v) is 4.83. The molecule has 2 N–H and O–H groups in total. The van der Waals surface area contributed by atoms with Crippen molar-refractivity contribution in [1.29, 1.82) is 0 Å². The third-order valence-corrected chi connectivity index (χ3v) is 3.21. The third-order valence-electron chi connectivity index (χ3n) is 3.21. The minimum atomic E-state index is 0. The second kappa shape index (κ2) is 10.5. The Labute approximate surface area is 149 Å². The van der Waals surface area contributed by atoms with Crippen molar-refractivity contribution in [2.75, 3.05) is 32.8 Å². The molecular formula is C16H26IN3O2. The SMILES string of the molecule is CCOc1ccc(CCNC2=NCCCN2)cc1OCC.I. The summed E-state index contributed by atoms with van der Waals surface area (Å²) in [6, 6.07) is 6.14. The van der Waals surface area contributed by atoms with Crippen LogP contribution in [-0.2, 0) is 6.42 Å². The van der Waals surface area contributed by atoms with Crippen LogP contribution < -0.4 is 20.1 Å². The standard InChI is InChI=1S/C16H25N3O2.HI/c1-3-20-14-7-6-13(12-15(14)21-4-2)8-11-19-16-17-9-5-10-18-16;/h6-7,12H,3-5,8-11H2,1-2H3,(H2,17,18,19);1H. The Bertz CT molecular complexity index is 480. The average Bonchev–Trinajstić information content (AvgIpc) is 2.51. The fourth-order valence-electron chi connectivity index (χ4n) is 2.23. The maximum Gasteiger partial charge on any atom is 0.191 e. The highest BCUT2D eigenvalue weighted by Gasteiger charge is 2.07. The lowest BCUT2D eigenvalue weighted by Gasteiger charge is -2.16. The molecule has 0 amide bonds. The van der Waals surface area contributed by atoms with Crippen LogP contribution in [0.4, 0.5) is 0 Å². The average molecular weight is 419 g/mol. The lowest BCUT2D eigenvalue weighted by molar-refractivity contribution is 0.287. The van der Waals surface area contributed by atoms with E-state index in [-0.39, 0.29) is 24.0 Å². The van der Waals surface area contributed by atoms with Crippen LogP contribution in [0.25, 0.3) is 0 Å². The smallest absolute Gasteiger partial charge is 0.191 e. The topological polar surface area (TPSA) is 54.9 Å². The van der Waals surface area contributed by atoms with Crippen LogP contribution in [0.15, 0.2) is 23.2 Å². The van der Waals surface area contributed by atoms with E-state index in [2.05, 4.69) is 27.8 Å². The van der Waals surface area contributed by atoms with E-state index in [9.17, 15) is 0 Å². The van der Waals surface area contributed by atoms with E-state index < -0.39 is 0 Å². The molecule has 0 aromatic heterocycles. The highest BCUT2D eigenvalue weighted by Crippen LogP contribution is 2.28. The Morgan fingerprint density at radius 2 is 1.95 bits per heavy atom. The normalized spacial score (nSPS) is 13.5. The van der Waals surface area contributed by atoms with Gasteiger partial charge in [0, 0.05) is 19.6 Å². The number of hydrogen-bond donors (Lipinski definition) is 2. The highest BCUT2D eigenvalue weighted by molar-refractivity contribution is 14.0. The number of halogens is 1. The van der Waals surface area contributed by atoms with Gasteiger partial charge in [-0.3, -0.25) is 4.99 Å². The summed E-state index contributed by atoms with van der Waals surface area (Å²) in [6.07, 6.45) is 2.04. The molecule has 2 rings (SSSR count). The zero-order valence-electron chi connectivity index (χ0n) is 13.4. The molecule has 5 nitrogen and oxygen atoms in total. The van der Waals surface area contributed by atoms with Gasteiger partial charge in [-0.25, -0.2) is 0 Å². The first-order valence-electron chi connectivity index (χ1n) is 7.74. The van der Waals surface area contributed by atoms with Gasteiger partial charge in [0.2, 0.25) is 0 Å². The van der Waals surface area contributed by atoms with Crippen LogP contribution in [0.1, 0.15) is 25.8 Å². The fourth-order valence-corrected chi connectivity index (χ4v) is 2.23. The number of aliphatic imine (C=N–C) groups is 1. The first kappa shape index (κ1) is 18.9. The van der Waals surface area contributed by atoms with Crippen molar-refractivity contribution in [2.24, 2.45) is 4.99 Å². The minimum Gasteiger partial charge on any atom is -0.490 e. The fraction of sp³-hybridized carbons (Fsp3) is 0.562. The number of hydrogen-bond acceptors (Lipinski definition) is 5. The lowest BCUT2D eigenvalue weighted by atomic mass is 10.1. The number of nitrogens with one attached hydrogen (secondary N) is 2. The molecule has 0 saturated carbocycles.